The van der Waals surface area contributed by atoms with Gasteiger partial charge in [-0.2, -0.15) is 4.91 Å². The average molecular weight is 296 g/mol. The second-order valence-corrected chi connectivity index (χ2v) is 5.81. The number of hydrogen-bond acceptors (Lipinski definition) is 7. The van der Waals surface area contributed by atoms with Gasteiger partial charge in [-0.15, -0.1) is 16.4 Å². The normalized spacial score (nSPS) is 17.4. The van der Waals surface area contributed by atoms with Crippen molar-refractivity contribution in [1.29, 1.82) is 0 Å². The van der Waals surface area contributed by atoms with E-state index in [1.54, 1.807) is 13.7 Å². The minimum atomic E-state index is -0.650. The number of fused-ring (bicyclic) bond motifs is 1. The molecule has 0 fully saturated rings. The third-order valence-corrected chi connectivity index (χ3v) is 4.35. The molecular weight excluding hydrogens is 279 g/mol. The van der Waals surface area contributed by atoms with Gasteiger partial charge in [0.1, 0.15) is 5.00 Å². The van der Waals surface area contributed by atoms with Crippen molar-refractivity contribution in [3.63, 3.8) is 0 Å². The molecule has 0 saturated heterocycles. The lowest BCUT2D eigenvalue weighted by molar-refractivity contribution is 0.0526. The van der Waals surface area contributed by atoms with Crippen LogP contribution in [-0.2, 0) is 22.2 Å². The second kappa shape index (κ2) is 6.36. The SMILES string of the molecule is CCOC(=O)c1c(N)sc2c1CCC(OB(C)N=O)C2. The van der Waals surface area contributed by atoms with Crippen LogP contribution in [0.2, 0.25) is 6.82 Å². The monoisotopic (exact) mass is 296 g/mol. The number of nitroso groups, excluding NO2 is 1. The van der Waals surface area contributed by atoms with E-state index in [9.17, 15) is 9.70 Å². The Morgan fingerprint density at radius 3 is 3.00 bits per heavy atom. The zero-order valence-electron chi connectivity index (χ0n) is 11.5. The lowest BCUT2D eigenvalue weighted by atomic mass is 9.87. The van der Waals surface area contributed by atoms with E-state index < -0.39 is 7.05 Å². The first-order valence-electron chi connectivity index (χ1n) is 6.61. The number of carbonyl (C=O) groups excluding carboxylic acids is 1. The topological polar surface area (TPSA) is 91.0 Å². The maximum absolute atomic E-state index is 11.9. The molecule has 0 spiro atoms. The van der Waals surface area contributed by atoms with Gasteiger partial charge in [-0.3, -0.25) is 0 Å². The van der Waals surface area contributed by atoms with E-state index in [1.165, 1.54) is 11.3 Å². The Hall–Kier alpha value is -1.41. The number of esters is 1. The first-order valence-corrected chi connectivity index (χ1v) is 7.43. The molecule has 0 saturated carbocycles. The minimum Gasteiger partial charge on any atom is -0.462 e. The zero-order valence-corrected chi connectivity index (χ0v) is 12.4. The van der Waals surface area contributed by atoms with Crippen LogP contribution in [0.3, 0.4) is 0 Å². The Morgan fingerprint density at radius 2 is 2.35 bits per heavy atom. The molecule has 1 atom stereocenters. The number of hydrogen-bond donors (Lipinski definition) is 1. The molecule has 0 radical (unpaired) electrons. The predicted octanol–water partition coefficient (Wildman–Crippen LogP) is 2.27. The van der Waals surface area contributed by atoms with Crippen molar-refractivity contribution in [3.8, 4) is 0 Å². The fourth-order valence-electron chi connectivity index (χ4n) is 2.42. The molecule has 0 aromatic carbocycles. The molecular formula is C12H17BN2O4S. The summed E-state index contributed by atoms with van der Waals surface area (Å²) in [5, 5.41) is 3.34. The highest BCUT2D eigenvalue weighted by molar-refractivity contribution is 7.16. The molecule has 1 aliphatic rings. The third-order valence-electron chi connectivity index (χ3n) is 3.26. The highest BCUT2D eigenvalue weighted by Crippen LogP contribution is 2.37. The van der Waals surface area contributed by atoms with Crippen LogP contribution in [0.15, 0.2) is 5.09 Å². The Bertz CT molecular complexity index is 520. The minimum absolute atomic E-state index is 0.0525. The van der Waals surface area contributed by atoms with Crippen LogP contribution in [0.5, 0.6) is 0 Å². The highest BCUT2D eigenvalue weighted by Gasteiger charge is 2.30. The Kier molecular flexibility index (Phi) is 4.77. The number of nitrogens with two attached hydrogens (primary N) is 1. The molecule has 0 aliphatic heterocycles. The van der Waals surface area contributed by atoms with E-state index in [0.29, 0.717) is 30.0 Å². The van der Waals surface area contributed by atoms with Crippen molar-refractivity contribution in [1.82, 2.24) is 0 Å². The number of ether oxygens (including phenoxy) is 1. The van der Waals surface area contributed by atoms with Gasteiger partial charge in [0.05, 0.1) is 12.2 Å². The van der Waals surface area contributed by atoms with Crippen LogP contribution in [-0.4, -0.2) is 25.7 Å². The molecule has 0 amide bonds. The van der Waals surface area contributed by atoms with Crippen LogP contribution in [0.4, 0.5) is 5.00 Å². The van der Waals surface area contributed by atoms with E-state index in [2.05, 4.69) is 5.09 Å². The molecule has 1 heterocycles. The van der Waals surface area contributed by atoms with Gasteiger partial charge in [-0.1, -0.05) is 0 Å². The molecule has 6 nitrogen and oxygen atoms in total. The second-order valence-electron chi connectivity index (χ2n) is 4.67. The van der Waals surface area contributed by atoms with Crippen molar-refractivity contribution >= 4 is 29.4 Å². The van der Waals surface area contributed by atoms with Crippen molar-refractivity contribution in [2.75, 3.05) is 12.3 Å². The first kappa shape index (κ1) is 15.0. The molecule has 2 N–H and O–H groups in total. The maximum Gasteiger partial charge on any atom is 0.483 e. The molecule has 1 aliphatic carbocycles. The van der Waals surface area contributed by atoms with Crippen LogP contribution >= 0.6 is 11.3 Å². The van der Waals surface area contributed by atoms with Gasteiger partial charge in [-0.25, -0.2) is 4.79 Å². The predicted molar refractivity (Wildman–Crippen MR) is 79.0 cm³/mol. The van der Waals surface area contributed by atoms with Gasteiger partial charge in [0.15, 0.2) is 0 Å². The van der Waals surface area contributed by atoms with Crippen molar-refractivity contribution in [2.24, 2.45) is 5.09 Å². The fraction of sp³-hybridized carbons (Fsp3) is 0.583. The van der Waals surface area contributed by atoms with E-state index >= 15 is 0 Å². The molecule has 8 heteroatoms. The summed E-state index contributed by atoms with van der Waals surface area (Å²) in [7, 11) is -0.650. The summed E-state index contributed by atoms with van der Waals surface area (Å²) >= 11 is 1.40. The van der Waals surface area contributed by atoms with Crippen LogP contribution in [0.25, 0.3) is 0 Å². The number of rotatable bonds is 5. The van der Waals surface area contributed by atoms with Crippen molar-refractivity contribution < 1.29 is 14.2 Å². The summed E-state index contributed by atoms with van der Waals surface area (Å²) in [5.41, 5.74) is 7.41. The molecule has 2 rings (SSSR count). The first-order chi connectivity index (χ1) is 9.56. The fourth-order valence-corrected chi connectivity index (χ4v) is 3.59. The standard InChI is InChI=1S/C12H17BN2O4S/c1-3-18-12(16)10-8-5-4-7(19-13(2)15-17)6-9(8)20-11(10)14/h7H,3-6,14H2,1-2H3. The van der Waals surface area contributed by atoms with Gasteiger partial charge in [-0.05, 0) is 32.2 Å². The van der Waals surface area contributed by atoms with Gasteiger partial charge >= 0.3 is 13.0 Å². The molecule has 20 heavy (non-hydrogen) atoms. The number of nitrogens with zero attached hydrogens (tertiary/aromatic N) is 1. The summed E-state index contributed by atoms with van der Waals surface area (Å²) in [5.74, 6) is -0.357. The number of anilines is 1. The zero-order chi connectivity index (χ0) is 14.7. The van der Waals surface area contributed by atoms with E-state index in [1.807, 2.05) is 0 Å². The average Bonchev–Trinajstić information content (AvgIpc) is 2.74. The molecule has 108 valence electrons. The summed E-state index contributed by atoms with van der Waals surface area (Å²) in [6.07, 6.45) is 2.05. The summed E-state index contributed by atoms with van der Waals surface area (Å²) in [6, 6.07) is 0. The quantitative estimate of drug-likeness (QED) is 0.511. The summed E-state index contributed by atoms with van der Waals surface area (Å²) in [6.45, 7) is 3.72. The Balaban J connectivity index is 2.16. The lowest BCUT2D eigenvalue weighted by Gasteiger charge is -2.23. The van der Waals surface area contributed by atoms with Crippen LogP contribution in [0.1, 0.15) is 34.1 Å². The third kappa shape index (κ3) is 3.01. The molecule has 1 aromatic rings. The van der Waals surface area contributed by atoms with Gasteiger partial charge in [0, 0.05) is 17.4 Å². The number of nitrogen functional groups attached to an aromatic ring is 1. The van der Waals surface area contributed by atoms with Crippen LogP contribution < -0.4 is 5.73 Å². The van der Waals surface area contributed by atoms with Gasteiger partial charge < -0.3 is 15.1 Å². The van der Waals surface area contributed by atoms with E-state index in [0.717, 1.165) is 16.9 Å². The van der Waals surface area contributed by atoms with Crippen molar-refractivity contribution in [2.45, 2.75) is 39.1 Å². The molecule has 1 aromatic heterocycles. The number of thiophene rings is 1. The van der Waals surface area contributed by atoms with Crippen molar-refractivity contribution in [3.05, 3.63) is 20.9 Å². The van der Waals surface area contributed by atoms with Crippen LogP contribution in [0, 0.1) is 4.91 Å². The highest BCUT2D eigenvalue weighted by atomic mass is 32.1. The largest absolute Gasteiger partial charge is 0.483 e. The maximum atomic E-state index is 11.9. The summed E-state index contributed by atoms with van der Waals surface area (Å²) < 4.78 is 10.6. The lowest BCUT2D eigenvalue weighted by Crippen LogP contribution is -2.27. The number of carbonyl (C=O) groups is 1. The molecule has 1 unspecified atom stereocenters. The Morgan fingerprint density at radius 1 is 1.60 bits per heavy atom. The van der Waals surface area contributed by atoms with Gasteiger partial charge in [0.25, 0.3) is 0 Å². The van der Waals surface area contributed by atoms with E-state index in [4.69, 9.17) is 15.1 Å². The van der Waals surface area contributed by atoms with Gasteiger partial charge in [0.2, 0.25) is 0 Å². The summed E-state index contributed by atoms with van der Waals surface area (Å²) in [4.78, 5) is 23.4. The molecule has 0 bridgehead atoms. The smallest absolute Gasteiger partial charge is 0.462 e. The Labute approximate surface area is 121 Å². The van der Waals surface area contributed by atoms with E-state index in [-0.39, 0.29) is 12.1 Å².